The van der Waals surface area contributed by atoms with Gasteiger partial charge in [0.25, 0.3) is 0 Å². The van der Waals surface area contributed by atoms with Crippen LogP contribution in [0, 0.1) is 0 Å². The number of aromatic carboxylic acids is 1. The van der Waals surface area contributed by atoms with E-state index in [0.29, 0.717) is 13.1 Å². The highest BCUT2D eigenvalue weighted by molar-refractivity contribution is 6.43. The van der Waals surface area contributed by atoms with Crippen LogP contribution in [0.2, 0.25) is 0 Å². The topological polar surface area (TPSA) is 159 Å². The smallest absolute Gasteiger partial charge is 0.475 e. The van der Waals surface area contributed by atoms with Gasteiger partial charge in [-0.2, -0.15) is 0 Å². The lowest BCUT2D eigenvalue weighted by Gasteiger charge is -2.19. The van der Waals surface area contributed by atoms with Crippen molar-refractivity contribution in [2.45, 2.75) is 25.3 Å². The zero-order valence-electron chi connectivity index (χ0n) is 16.3. The highest BCUT2D eigenvalue weighted by Crippen LogP contribution is 2.24. The lowest BCUT2D eigenvalue weighted by Crippen LogP contribution is -2.48. The van der Waals surface area contributed by atoms with Gasteiger partial charge in [-0.1, -0.05) is 36.4 Å². The highest BCUT2D eigenvalue weighted by Gasteiger charge is 2.27. The molecule has 0 aliphatic heterocycles. The van der Waals surface area contributed by atoms with E-state index in [9.17, 15) is 24.7 Å². The van der Waals surface area contributed by atoms with Crippen LogP contribution in [0.4, 0.5) is 0 Å². The maximum Gasteiger partial charge on any atom is 0.475 e. The van der Waals surface area contributed by atoms with Gasteiger partial charge in [0.1, 0.15) is 11.3 Å². The van der Waals surface area contributed by atoms with Crippen LogP contribution < -0.4 is 10.6 Å². The van der Waals surface area contributed by atoms with Crippen LogP contribution in [0.3, 0.4) is 0 Å². The standard InChI is InChI=1S/C20H25BN2O7/c24-9-8-22-12-14-6-4-13(5-7-14)10-18(25)23-17(21(29)30)11-15-2-1-3-16(19(15)26)20(27)28/h1-7,17,22,24,26,29-30H,8-12H2,(H,23,25)(H,27,28). The number of amides is 1. The summed E-state index contributed by atoms with van der Waals surface area (Å²) in [6.07, 6.45) is -0.152. The number of carbonyl (C=O) groups is 2. The second-order valence-electron chi connectivity index (χ2n) is 6.80. The van der Waals surface area contributed by atoms with Gasteiger partial charge in [0.05, 0.1) is 19.0 Å². The molecule has 2 rings (SSSR count). The van der Waals surface area contributed by atoms with Crippen molar-refractivity contribution in [1.82, 2.24) is 10.6 Å². The molecular formula is C20H25BN2O7. The molecule has 0 aliphatic rings. The number of phenols is 1. The Morgan fingerprint density at radius 2 is 1.70 bits per heavy atom. The number of carbonyl (C=O) groups excluding carboxylic acids is 1. The third kappa shape index (κ3) is 6.85. The van der Waals surface area contributed by atoms with Crippen molar-refractivity contribution in [3.63, 3.8) is 0 Å². The minimum Gasteiger partial charge on any atom is -0.507 e. The fourth-order valence-electron chi connectivity index (χ4n) is 2.93. The summed E-state index contributed by atoms with van der Waals surface area (Å²) in [7, 11) is -1.90. The van der Waals surface area contributed by atoms with Crippen molar-refractivity contribution in [3.05, 3.63) is 64.7 Å². The van der Waals surface area contributed by atoms with Crippen LogP contribution in [-0.2, 0) is 24.2 Å². The van der Waals surface area contributed by atoms with Gasteiger partial charge in [-0.3, -0.25) is 4.79 Å². The van der Waals surface area contributed by atoms with E-state index in [1.54, 1.807) is 12.1 Å². The predicted molar refractivity (Wildman–Crippen MR) is 110 cm³/mol. The summed E-state index contributed by atoms with van der Waals surface area (Å²) in [5.41, 5.74) is 1.58. The molecule has 1 amide bonds. The molecule has 160 valence electrons. The Hall–Kier alpha value is -2.92. The van der Waals surface area contributed by atoms with Crippen LogP contribution in [0.25, 0.3) is 0 Å². The SMILES string of the molecule is O=C(Cc1ccc(CNCCO)cc1)NC(Cc1cccc(C(=O)O)c1O)B(O)O. The first-order valence-electron chi connectivity index (χ1n) is 9.41. The monoisotopic (exact) mass is 416 g/mol. The summed E-state index contributed by atoms with van der Waals surface area (Å²) in [6.45, 7) is 1.12. The van der Waals surface area contributed by atoms with Crippen LogP contribution >= 0.6 is 0 Å². The van der Waals surface area contributed by atoms with Crippen molar-refractivity contribution in [3.8, 4) is 5.75 Å². The largest absolute Gasteiger partial charge is 0.507 e. The summed E-state index contributed by atoms with van der Waals surface area (Å²) in [6, 6.07) is 11.4. The van der Waals surface area contributed by atoms with Gasteiger partial charge >= 0.3 is 13.1 Å². The number of hydrogen-bond acceptors (Lipinski definition) is 7. The van der Waals surface area contributed by atoms with Gasteiger partial charge < -0.3 is 36.0 Å². The predicted octanol–water partition coefficient (Wildman–Crippen LogP) is -0.546. The van der Waals surface area contributed by atoms with Crippen molar-refractivity contribution >= 4 is 19.0 Å². The Labute approximate surface area is 174 Å². The number of aliphatic hydroxyl groups excluding tert-OH is 1. The molecule has 0 aromatic heterocycles. The van der Waals surface area contributed by atoms with E-state index in [1.807, 2.05) is 12.1 Å². The Balaban J connectivity index is 1.99. The lowest BCUT2D eigenvalue weighted by atomic mass is 9.75. The van der Waals surface area contributed by atoms with E-state index in [0.717, 1.165) is 11.1 Å². The molecule has 1 unspecified atom stereocenters. The Morgan fingerprint density at radius 3 is 2.30 bits per heavy atom. The normalized spacial score (nSPS) is 11.7. The number of benzene rings is 2. The summed E-state index contributed by atoms with van der Waals surface area (Å²) >= 11 is 0. The molecule has 2 aromatic rings. The number of carboxylic acid groups (broad SMARTS) is 1. The molecule has 9 nitrogen and oxygen atoms in total. The number of aliphatic hydroxyl groups is 1. The van der Waals surface area contributed by atoms with E-state index in [1.165, 1.54) is 18.2 Å². The van der Waals surface area contributed by atoms with Gasteiger partial charge in [0, 0.05) is 13.1 Å². The average molecular weight is 416 g/mol. The second-order valence-corrected chi connectivity index (χ2v) is 6.80. The fraction of sp³-hybridized carbons (Fsp3) is 0.300. The molecule has 0 spiro atoms. The number of hydrogen-bond donors (Lipinski definition) is 7. The first-order chi connectivity index (χ1) is 14.3. The molecular weight excluding hydrogens is 391 g/mol. The first-order valence-corrected chi connectivity index (χ1v) is 9.41. The number of carboxylic acids is 1. The van der Waals surface area contributed by atoms with Crippen molar-refractivity contribution in [1.29, 1.82) is 0 Å². The second kappa shape index (κ2) is 11.3. The van der Waals surface area contributed by atoms with Crippen molar-refractivity contribution < 1.29 is 35.0 Å². The molecule has 0 aliphatic carbocycles. The van der Waals surface area contributed by atoms with E-state index in [4.69, 9.17) is 10.2 Å². The van der Waals surface area contributed by atoms with Gasteiger partial charge in [-0.15, -0.1) is 0 Å². The Bertz CT molecular complexity index is 859. The van der Waals surface area contributed by atoms with Crippen molar-refractivity contribution in [2.75, 3.05) is 13.2 Å². The number of aromatic hydroxyl groups is 1. The summed E-state index contributed by atoms with van der Waals surface area (Å²) in [5, 5.41) is 52.7. The van der Waals surface area contributed by atoms with Crippen LogP contribution in [0.15, 0.2) is 42.5 Å². The molecule has 0 saturated carbocycles. The quantitative estimate of drug-likeness (QED) is 0.190. The Kier molecular flexibility index (Phi) is 8.81. The molecule has 0 fully saturated rings. The highest BCUT2D eigenvalue weighted by atomic mass is 16.4. The molecule has 0 saturated heterocycles. The molecule has 0 heterocycles. The number of rotatable bonds is 11. The minimum atomic E-state index is -1.90. The van der Waals surface area contributed by atoms with E-state index in [2.05, 4.69) is 10.6 Å². The third-order valence-electron chi connectivity index (χ3n) is 4.50. The number of para-hydroxylation sites is 1. The first kappa shape index (κ1) is 23.4. The third-order valence-corrected chi connectivity index (χ3v) is 4.50. The molecule has 10 heteroatoms. The maximum atomic E-state index is 12.3. The van der Waals surface area contributed by atoms with Crippen LogP contribution in [-0.4, -0.2) is 63.5 Å². The lowest BCUT2D eigenvalue weighted by molar-refractivity contribution is -0.120. The Morgan fingerprint density at radius 1 is 1.03 bits per heavy atom. The van der Waals surface area contributed by atoms with Crippen molar-refractivity contribution in [2.24, 2.45) is 0 Å². The zero-order valence-corrected chi connectivity index (χ0v) is 16.3. The van der Waals surface area contributed by atoms with Crippen LogP contribution in [0.5, 0.6) is 5.75 Å². The van der Waals surface area contributed by atoms with E-state index in [-0.39, 0.29) is 30.6 Å². The fourth-order valence-corrected chi connectivity index (χ4v) is 2.93. The van der Waals surface area contributed by atoms with E-state index >= 15 is 0 Å². The molecule has 30 heavy (non-hydrogen) atoms. The molecule has 2 aromatic carbocycles. The zero-order chi connectivity index (χ0) is 22.1. The number of nitrogens with one attached hydrogen (secondary N) is 2. The van der Waals surface area contributed by atoms with Gasteiger partial charge in [0.15, 0.2) is 0 Å². The molecule has 7 N–H and O–H groups in total. The van der Waals surface area contributed by atoms with E-state index < -0.39 is 30.7 Å². The molecule has 0 bridgehead atoms. The maximum absolute atomic E-state index is 12.3. The minimum absolute atomic E-state index is 0.00865. The van der Waals surface area contributed by atoms with Gasteiger partial charge in [-0.25, -0.2) is 4.79 Å². The summed E-state index contributed by atoms with van der Waals surface area (Å²) in [5.74, 6) is -3.37. The van der Waals surface area contributed by atoms with Gasteiger partial charge in [-0.05, 0) is 29.2 Å². The average Bonchev–Trinajstić information content (AvgIpc) is 2.70. The summed E-state index contributed by atoms with van der Waals surface area (Å²) < 4.78 is 0. The summed E-state index contributed by atoms with van der Waals surface area (Å²) in [4.78, 5) is 23.5. The van der Waals surface area contributed by atoms with Crippen LogP contribution in [0.1, 0.15) is 27.0 Å². The van der Waals surface area contributed by atoms with Gasteiger partial charge in [0.2, 0.25) is 5.91 Å². The molecule has 0 radical (unpaired) electrons. The molecule has 1 atom stereocenters.